The first kappa shape index (κ1) is 9.43. The second-order valence-electron chi connectivity index (χ2n) is 2.12. The summed E-state index contributed by atoms with van der Waals surface area (Å²) < 4.78 is 24.5. The highest BCUT2D eigenvalue weighted by atomic mass is 127. The molecule has 12 heavy (non-hydrogen) atoms. The number of hydrogen-bond acceptors (Lipinski definition) is 2. The Morgan fingerprint density at radius 1 is 1.58 bits per heavy atom. The van der Waals surface area contributed by atoms with Gasteiger partial charge in [-0.25, -0.2) is 8.78 Å². The number of alkyl halides is 2. The molecule has 3 nitrogen and oxygen atoms in total. The number of pyridine rings is 1. The minimum Gasteiger partial charge on any atom is -0.385 e. The van der Waals surface area contributed by atoms with E-state index in [0.29, 0.717) is 0 Å². The minimum atomic E-state index is -2.76. The molecule has 0 spiro atoms. The van der Waals surface area contributed by atoms with Crippen molar-refractivity contribution in [2.24, 2.45) is 0 Å². The maximum absolute atomic E-state index is 12.2. The molecule has 0 unspecified atom stereocenters. The van der Waals surface area contributed by atoms with Crippen LogP contribution in [0.4, 0.5) is 14.6 Å². The van der Waals surface area contributed by atoms with E-state index in [0.717, 1.165) is 0 Å². The summed E-state index contributed by atoms with van der Waals surface area (Å²) in [7, 11) is 0. The molecule has 0 aliphatic heterocycles. The smallest absolute Gasteiger partial charge is 0.270 e. The fourth-order valence-electron chi connectivity index (χ4n) is 0.761. The number of anilines is 1. The predicted octanol–water partition coefficient (Wildman–Crippen LogP) is 1.50. The van der Waals surface area contributed by atoms with Gasteiger partial charge in [0.25, 0.3) is 12.0 Å². The normalized spacial score (nSPS) is 10.7. The Hall–Kier alpha value is -0.660. The Bertz CT molecular complexity index is 350. The molecular weight excluding hydrogens is 281 g/mol. The maximum atomic E-state index is 12.2. The zero-order valence-electron chi connectivity index (χ0n) is 5.77. The Morgan fingerprint density at radius 2 is 2.17 bits per heavy atom. The van der Waals surface area contributed by atoms with E-state index >= 15 is 0 Å². The first-order valence-corrected chi connectivity index (χ1v) is 4.06. The third kappa shape index (κ3) is 1.74. The van der Waals surface area contributed by atoms with Crippen LogP contribution in [-0.2, 0) is 0 Å². The quantitative estimate of drug-likeness (QED) is 0.769. The molecule has 0 saturated heterocycles. The van der Waals surface area contributed by atoms with Gasteiger partial charge in [-0.2, -0.15) is 0 Å². The van der Waals surface area contributed by atoms with Gasteiger partial charge in [0.15, 0.2) is 0 Å². The monoisotopic (exact) mass is 286 g/mol. The van der Waals surface area contributed by atoms with Crippen molar-refractivity contribution in [1.29, 1.82) is 0 Å². The summed E-state index contributed by atoms with van der Waals surface area (Å²) in [6.07, 6.45) is -2.76. The fourth-order valence-corrected chi connectivity index (χ4v) is 1.58. The number of rotatable bonds is 1. The summed E-state index contributed by atoms with van der Waals surface area (Å²) in [4.78, 5) is 13.0. The molecule has 1 aromatic rings. The topological polar surface area (TPSA) is 58.9 Å². The molecule has 0 atom stereocenters. The SMILES string of the molecule is Nc1cc(I)c(C(F)F)c(=O)[nH]1. The van der Waals surface area contributed by atoms with Crippen LogP contribution in [0.2, 0.25) is 0 Å². The van der Waals surface area contributed by atoms with Crippen molar-refractivity contribution in [1.82, 2.24) is 4.98 Å². The van der Waals surface area contributed by atoms with E-state index in [-0.39, 0.29) is 9.39 Å². The van der Waals surface area contributed by atoms with Crippen molar-refractivity contribution in [3.63, 3.8) is 0 Å². The van der Waals surface area contributed by atoms with Crippen LogP contribution in [0.3, 0.4) is 0 Å². The lowest BCUT2D eigenvalue weighted by molar-refractivity contribution is 0.148. The molecule has 0 radical (unpaired) electrons. The Balaban J connectivity index is 3.39. The van der Waals surface area contributed by atoms with Gasteiger partial charge >= 0.3 is 0 Å². The molecule has 1 rings (SSSR count). The van der Waals surface area contributed by atoms with Gasteiger partial charge in [0, 0.05) is 3.57 Å². The highest BCUT2D eigenvalue weighted by Gasteiger charge is 2.16. The van der Waals surface area contributed by atoms with Gasteiger partial charge in [-0.15, -0.1) is 0 Å². The molecule has 66 valence electrons. The van der Waals surface area contributed by atoms with Crippen LogP contribution in [0.1, 0.15) is 12.0 Å². The molecule has 0 fully saturated rings. The van der Waals surface area contributed by atoms with Crippen LogP contribution in [-0.4, -0.2) is 4.98 Å². The zero-order valence-corrected chi connectivity index (χ0v) is 7.93. The van der Waals surface area contributed by atoms with Gasteiger partial charge in [0.05, 0.1) is 5.56 Å². The highest BCUT2D eigenvalue weighted by Crippen LogP contribution is 2.21. The Kier molecular flexibility index (Phi) is 2.65. The fraction of sp³-hybridized carbons (Fsp3) is 0.167. The lowest BCUT2D eigenvalue weighted by Crippen LogP contribution is -2.16. The largest absolute Gasteiger partial charge is 0.385 e. The zero-order chi connectivity index (χ0) is 9.30. The van der Waals surface area contributed by atoms with Gasteiger partial charge in [-0.3, -0.25) is 4.79 Å². The summed E-state index contributed by atoms with van der Waals surface area (Å²) in [6.45, 7) is 0. The summed E-state index contributed by atoms with van der Waals surface area (Å²) in [5.74, 6) is 0.0915. The third-order valence-corrected chi connectivity index (χ3v) is 2.15. The molecule has 0 saturated carbocycles. The number of aromatic amines is 1. The molecule has 1 aromatic heterocycles. The molecule has 0 aromatic carbocycles. The van der Waals surface area contributed by atoms with E-state index in [4.69, 9.17) is 5.73 Å². The maximum Gasteiger partial charge on any atom is 0.270 e. The van der Waals surface area contributed by atoms with Crippen LogP contribution in [0.15, 0.2) is 10.9 Å². The van der Waals surface area contributed by atoms with E-state index in [2.05, 4.69) is 4.98 Å². The van der Waals surface area contributed by atoms with Gasteiger partial charge in [0.2, 0.25) is 0 Å². The molecule has 0 bridgehead atoms. The standard InChI is InChI=1S/C6H5F2IN2O/c7-5(8)4-2(9)1-3(10)11-6(4)12/h1,5H,(H3,10,11,12). The van der Waals surface area contributed by atoms with E-state index in [9.17, 15) is 13.6 Å². The number of nitrogens with one attached hydrogen (secondary N) is 1. The summed E-state index contributed by atoms with van der Waals surface area (Å²) in [6, 6.07) is 1.30. The number of halogens is 3. The third-order valence-electron chi connectivity index (χ3n) is 1.26. The lowest BCUT2D eigenvalue weighted by atomic mass is 10.3. The van der Waals surface area contributed by atoms with E-state index in [1.54, 1.807) is 22.6 Å². The van der Waals surface area contributed by atoms with Crippen LogP contribution < -0.4 is 11.3 Å². The molecule has 1 heterocycles. The number of aromatic nitrogens is 1. The van der Waals surface area contributed by atoms with E-state index in [1.165, 1.54) is 6.07 Å². The highest BCUT2D eigenvalue weighted by molar-refractivity contribution is 14.1. The molecule has 6 heteroatoms. The van der Waals surface area contributed by atoms with Crippen LogP contribution in [0.5, 0.6) is 0 Å². The van der Waals surface area contributed by atoms with Crippen molar-refractivity contribution in [3.8, 4) is 0 Å². The molecule has 0 amide bonds. The van der Waals surface area contributed by atoms with E-state index in [1.807, 2.05) is 0 Å². The van der Waals surface area contributed by atoms with Crippen molar-refractivity contribution in [2.45, 2.75) is 6.43 Å². The van der Waals surface area contributed by atoms with Crippen molar-refractivity contribution in [3.05, 3.63) is 25.6 Å². The van der Waals surface area contributed by atoms with Crippen LogP contribution in [0, 0.1) is 3.57 Å². The van der Waals surface area contributed by atoms with Gasteiger partial charge in [-0.1, -0.05) is 0 Å². The predicted molar refractivity (Wildman–Crippen MR) is 49.1 cm³/mol. The van der Waals surface area contributed by atoms with Gasteiger partial charge < -0.3 is 10.7 Å². The van der Waals surface area contributed by atoms with Gasteiger partial charge in [-0.05, 0) is 28.7 Å². The average Bonchev–Trinajstić information content (AvgIpc) is 1.82. The summed E-state index contributed by atoms with van der Waals surface area (Å²) in [5.41, 5.74) is 3.88. The molecule has 0 aliphatic carbocycles. The van der Waals surface area contributed by atoms with Gasteiger partial charge in [0.1, 0.15) is 5.82 Å². The van der Waals surface area contributed by atoms with Crippen molar-refractivity contribution < 1.29 is 8.78 Å². The van der Waals surface area contributed by atoms with E-state index < -0.39 is 17.5 Å². The summed E-state index contributed by atoms with van der Waals surface area (Å²) >= 11 is 1.65. The second kappa shape index (κ2) is 3.38. The number of H-pyrrole nitrogens is 1. The molecule has 3 N–H and O–H groups in total. The molecular formula is C6H5F2IN2O. The molecule has 0 aliphatic rings. The second-order valence-corrected chi connectivity index (χ2v) is 3.28. The first-order chi connectivity index (χ1) is 5.52. The number of nitrogen functional groups attached to an aromatic ring is 1. The Labute approximate surface area is 80.1 Å². The number of nitrogens with two attached hydrogens (primary N) is 1. The summed E-state index contributed by atoms with van der Waals surface area (Å²) in [5, 5.41) is 0. The minimum absolute atomic E-state index is 0.0915. The van der Waals surface area contributed by atoms with Crippen LogP contribution >= 0.6 is 22.6 Å². The van der Waals surface area contributed by atoms with Crippen molar-refractivity contribution >= 4 is 28.4 Å². The Morgan fingerprint density at radius 3 is 2.58 bits per heavy atom. The van der Waals surface area contributed by atoms with Crippen LogP contribution in [0.25, 0.3) is 0 Å². The number of hydrogen-bond donors (Lipinski definition) is 2. The van der Waals surface area contributed by atoms with Crippen molar-refractivity contribution in [2.75, 3.05) is 5.73 Å². The average molecular weight is 286 g/mol. The lowest BCUT2D eigenvalue weighted by Gasteiger charge is -2.02. The first-order valence-electron chi connectivity index (χ1n) is 2.98.